The number of halogens is 1. The molecule has 0 spiro atoms. The molecule has 1 aromatic carbocycles. The molecule has 1 atom stereocenters. The van der Waals surface area contributed by atoms with Crippen molar-refractivity contribution in [2.75, 3.05) is 0 Å². The Morgan fingerprint density at radius 2 is 1.85 bits per heavy atom. The minimum atomic E-state index is -0.235. The van der Waals surface area contributed by atoms with Gasteiger partial charge in [0.05, 0.1) is 5.25 Å². The quantitative estimate of drug-likeness (QED) is 0.636. The molecule has 0 saturated carbocycles. The Morgan fingerprint density at radius 3 is 2.38 bits per heavy atom. The number of hydrogen-bond donors (Lipinski definition) is 0. The van der Waals surface area contributed by atoms with Crippen LogP contribution in [0.5, 0.6) is 0 Å². The zero-order valence-corrected chi connectivity index (χ0v) is 17.8. The molecule has 142 valence electrons. The minimum absolute atomic E-state index is 0.120. The summed E-state index contributed by atoms with van der Waals surface area (Å²) in [6.07, 6.45) is 0. The van der Waals surface area contributed by atoms with E-state index in [2.05, 4.69) is 10.2 Å². The molecule has 1 amide bonds. The average Bonchev–Trinajstić information content (AvgIpc) is 2.96. The minimum Gasteiger partial charge on any atom is -0.337 e. The molecular formula is C19H27ClN4OS. The van der Waals surface area contributed by atoms with E-state index in [-0.39, 0.29) is 23.2 Å². The maximum atomic E-state index is 12.9. The van der Waals surface area contributed by atoms with E-state index in [1.807, 2.05) is 75.3 Å². The van der Waals surface area contributed by atoms with Crippen molar-refractivity contribution in [3.8, 4) is 11.4 Å². The topological polar surface area (TPSA) is 51.0 Å². The molecule has 0 radical (unpaired) electrons. The molecule has 0 N–H and O–H groups in total. The molecule has 1 heterocycles. The van der Waals surface area contributed by atoms with E-state index in [4.69, 9.17) is 11.6 Å². The first kappa shape index (κ1) is 20.8. The van der Waals surface area contributed by atoms with E-state index >= 15 is 0 Å². The Bertz CT molecular complexity index is 752. The number of rotatable bonds is 7. The van der Waals surface area contributed by atoms with Crippen LogP contribution in [0.15, 0.2) is 29.4 Å². The van der Waals surface area contributed by atoms with Gasteiger partial charge in [0.2, 0.25) is 5.91 Å². The van der Waals surface area contributed by atoms with Gasteiger partial charge in [-0.3, -0.25) is 4.79 Å². The number of nitrogens with zero attached hydrogens (tertiary/aromatic N) is 4. The third-order valence-electron chi connectivity index (χ3n) is 4.11. The van der Waals surface area contributed by atoms with Gasteiger partial charge in [0.1, 0.15) is 0 Å². The number of amides is 1. The SMILES string of the molecule is CCn1c(S[C@H](C)C(=O)N(C(C)C)C(C)C)nnc1-c1cccc(Cl)c1. The summed E-state index contributed by atoms with van der Waals surface area (Å²) in [5, 5.41) is 9.83. The van der Waals surface area contributed by atoms with E-state index in [0.717, 1.165) is 23.1 Å². The van der Waals surface area contributed by atoms with Gasteiger partial charge in [-0.1, -0.05) is 35.5 Å². The lowest BCUT2D eigenvalue weighted by molar-refractivity contribution is -0.133. The summed E-state index contributed by atoms with van der Waals surface area (Å²) in [5.74, 6) is 0.886. The van der Waals surface area contributed by atoms with E-state index < -0.39 is 0 Å². The van der Waals surface area contributed by atoms with E-state index in [0.29, 0.717) is 5.02 Å². The second-order valence-electron chi connectivity index (χ2n) is 6.75. The number of aromatic nitrogens is 3. The summed E-state index contributed by atoms with van der Waals surface area (Å²) < 4.78 is 2.02. The fourth-order valence-electron chi connectivity index (χ4n) is 3.03. The van der Waals surface area contributed by atoms with E-state index in [1.54, 1.807) is 0 Å². The van der Waals surface area contributed by atoms with Crippen LogP contribution in [-0.2, 0) is 11.3 Å². The maximum Gasteiger partial charge on any atom is 0.236 e. The van der Waals surface area contributed by atoms with Crippen LogP contribution in [0.25, 0.3) is 11.4 Å². The summed E-state index contributed by atoms with van der Waals surface area (Å²) in [6, 6.07) is 7.90. The van der Waals surface area contributed by atoms with Crippen LogP contribution in [0.4, 0.5) is 0 Å². The van der Waals surface area contributed by atoms with Crippen LogP contribution < -0.4 is 0 Å². The number of thioether (sulfide) groups is 1. The lowest BCUT2D eigenvalue weighted by Gasteiger charge is -2.32. The van der Waals surface area contributed by atoms with E-state index in [1.165, 1.54) is 11.8 Å². The van der Waals surface area contributed by atoms with Crippen molar-refractivity contribution in [2.45, 2.75) is 70.6 Å². The second-order valence-corrected chi connectivity index (χ2v) is 8.50. The van der Waals surface area contributed by atoms with Crippen LogP contribution in [0.2, 0.25) is 5.02 Å². The third kappa shape index (κ3) is 4.60. The van der Waals surface area contributed by atoms with Gasteiger partial charge < -0.3 is 9.47 Å². The number of hydrogen-bond acceptors (Lipinski definition) is 4. The molecule has 2 rings (SSSR count). The Morgan fingerprint density at radius 1 is 1.19 bits per heavy atom. The highest BCUT2D eigenvalue weighted by molar-refractivity contribution is 8.00. The molecule has 0 unspecified atom stereocenters. The van der Waals surface area contributed by atoms with Crippen LogP contribution in [0.1, 0.15) is 41.5 Å². The van der Waals surface area contributed by atoms with Crippen LogP contribution in [0.3, 0.4) is 0 Å². The number of carbonyl (C=O) groups excluding carboxylic acids is 1. The fourth-order valence-corrected chi connectivity index (χ4v) is 4.19. The van der Waals surface area contributed by atoms with Gasteiger partial charge in [-0.25, -0.2) is 0 Å². The number of benzene rings is 1. The predicted molar refractivity (Wildman–Crippen MR) is 109 cm³/mol. The first-order valence-corrected chi connectivity index (χ1v) is 10.2. The molecule has 7 heteroatoms. The van der Waals surface area contributed by atoms with Crippen molar-refractivity contribution in [1.82, 2.24) is 19.7 Å². The molecule has 26 heavy (non-hydrogen) atoms. The molecule has 2 aromatic rings. The molecule has 0 aliphatic carbocycles. The van der Waals surface area contributed by atoms with Gasteiger partial charge in [-0.2, -0.15) is 0 Å². The summed E-state index contributed by atoms with van der Waals surface area (Å²) in [6.45, 7) is 12.9. The van der Waals surface area contributed by atoms with Crippen LogP contribution >= 0.6 is 23.4 Å². The highest BCUT2D eigenvalue weighted by Crippen LogP contribution is 2.29. The average molecular weight is 395 g/mol. The lowest BCUT2D eigenvalue weighted by Crippen LogP contribution is -2.45. The summed E-state index contributed by atoms with van der Waals surface area (Å²) in [7, 11) is 0. The van der Waals surface area contributed by atoms with Gasteiger partial charge in [-0.15, -0.1) is 10.2 Å². The Kier molecular flexibility index (Phi) is 7.12. The van der Waals surface area contributed by atoms with Crippen molar-refractivity contribution >= 4 is 29.3 Å². The molecule has 1 aromatic heterocycles. The van der Waals surface area contributed by atoms with Crippen molar-refractivity contribution < 1.29 is 4.79 Å². The van der Waals surface area contributed by atoms with Crippen molar-refractivity contribution in [1.29, 1.82) is 0 Å². The second kappa shape index (κ2) is 8.91. The summed E-state index contributed by atoms with van der Waals surface area (Å²) in [5.41, 5.74) is 0.920. The van der Waals surface area contributed by atoms with Crippen LogP contribution in [0, 0.1) is 0 Å². The van der Waals surface area contributed by atoms with Crippen LogP contribution in [-0.4, -0.2) is 42.9 Å². The molecule has 0 aliphatic rings. The smallest absolute Gasteiger partial charge is 0.236 e. The molecular weight excluding hydrogens is 368 g/mol. The largest absolute Gasteiger partial charge is 0.337 e. The number of carbonyl (C=O) groups is 1. The van der Waals surface area contributed by atoms with Gasteiger partial charge in [-0.05, 0) is 53.7 Å². The van der Waals surface area contributed by atoms with Gasteiger partial charge in [0.25, 0.3) is 0 Å². The van der Waals surface area contributed by atoms with Gasteiger partial charge in [0.15, 0.2) is 11.0 Å². The van der Waals surface area contributed by atoms with Gasteiger partial charge in [0, 0.05) is 29.2 Å². The Labute approximate surface area is 165 Å². The third-order valence-corrected chi connectivity index (χ3v) is 5.42. The standard InChI is InChI=1S/C19H27ClN4OS/c1-7-23-17(15-9-8-10-16(20)11-15)21-22-19(23)26-14(6)18(25)24(12(2)3)13(4)5/h8-14H,7H2,1-6H3/t14-/m1/s1. The van der Waals surface area contributed by atoms with Crippen molar-refractivity contribution in [3.63, 3.8) is 0 Å². The highest BCUT2D eigenvalue weighted by atomic mass is 35.5. The zero-order valence-electron chi connectivity index (χ0n) is 16.2. The molecule has 0 saturated heterocycles. The molecule has 0 aliphatic heterocycles. The monoisotopic (exact) mass is 394 g/mol. The highest BCUT2D eigenvalue weighted by Gasteiger charge is 2.27. The zero-order chi connectivity index (χ0) is 19.4. The predicted octanol–water partition coefficient (Wildman–Crippen LogP) is 4.74. The molecule has 5 nitrogen and oxygen atoms in total. The Hall–Kier alpha value is -1.53. The molecule has 0 fully saturated rings. The van der Waals surface area contributed by atoms with Crippen molar-refractivity contribution in [2.24, 2.45) is 0 Å². The Balaban J connectivity index is 2.26. The first-order valence-electron chi connectivity index (χ1n) is 8.94. The van der Waals surface area contributed by atoms with E-state index in [9.17, 15) is 4.79 Å². The fraction of sp³-hybridized carbons (Fsp3) is 0.526. The lowest BCUT2D eigenvalue weighted by atomic mass is 10.2. The normalized spacial score (nSPS) is 12.7. The van der Waals surface area contributed by atoms with Crippen molar-refractivity contribution in [3.05, 3.63) is 29.3 Å². The maximum absolute atomic E-state index is 12.9. The summed E-state index contributed by atoms with van der Waals surface area (Å²) >= 11 is 7.56. The summed E-state index contributed by atoms with van der Waals surface area (Å²) in [4.78, 5) is 14.8. The molecule has 0 bridgehead atoms. The van der Waals surface area contributed by atoms with Gasteiger partial charge >= 0.3 is 0 Å². The first-order chi connectivity index (χ1) is 12.3.